The summed E-state index contributed by atoms with van der Waals surface area (Å²) in [5, 5.41) is 10.00. The van der Waals surface area contributed by atoms with Crippen LogP contribution in [0.25, 0.3) is 0 Å². The molecule has 96 valence electrons. The van der Waals surface area contributed by atoms with Crippen LogP contribution in [0.1, 0.15) is 19.8 Å². The average Bonchev–Trinajstić information content (AvgIpc) is 2.25. The molecule has 1 fully saturated rings. The maximum absolute atomic E-state index is 10.00. The Morgan fingerprint density at radius 3 is 2.56 bits per heavy atom. The summed E-state index contributed by atoms with van der Waals surface area (Å²) in [5.41, 5.74) is 0. The number of aliphatic hydroxyl groups is 1. The van der Waals surface area contributed by atoms with Gasteiger partial charge >= 0.3 is 0 Å². The van der Waals surface area contributed by atoms with E-state index in [0.717, 1.165) is 32.5 Å². The van der Waals surface area contributed by atoms with Crippen LogP contribution < -0.4 is 0 Å². The summed E-state index contributed by atoms with van der Waals surface area (Å²) in [4.78, 5) is 4.54. The van der Waals surface area contributed by atoms with Crippen LogP contribution in [-0.4, -0.2) is 74.0 Å². The van der Waals surface area contributed by atoms with Crippen LogP contribution in [0.5, 0.6) is 0 Å². The molecule has 2 atom stereocenters. The Morgan fingerprint density at radius 2 is 2.00 bits per heavy atom. The number of rotatable bonds is 6. The van der Waals surface area contributed by atoms with E-state index in [9.17, 15) is 5.11 Å². The summed E-state index contributed by atoms with van der Waals surface area (Å²) in [6.07, 6.45) is 1.67. The van der Waals surface area contributed by atoms with Gasteiger partial charge in [-0.15, -0.1) is 0 Å². The van der Waals surface area contributed by atoms with Crippen molar-refractivity contribution in [2.75, 3.05) is 46.9 Å². The van der Waals surface area contributed by atoms with E-state index in [0.29, 0.717) is 13.2 Å². The highest BCUT2D eigenvalue weighted by molar-refractivity contribution is 4.82. The van der Waals surface area contributed by atoms with Crippen LogP contribution in [0.4, 0.5) is 0 Å². The fourth-order valence-electron chi connectivity index (χ4n) is 2.12. The standard InChI is InChI=1S/C12H26N2O2/c1-4-6-14(8-7-13(2)3)11-10-16-9-5-12(11)15/h11-12,15H,4-10H2,1-3H3. The van der Waals surface area contributed by atoms with E-state index in [1.807, 2.05) is 0 Å². The number of nitrogens with zero attached hydrogens (tertiary/aromatic N) is 2. The summed E-state index contributed by atoms with van der Waals surface area (Å²) >= 11 is 0. The first-order valence-corrected chi connectivity index (χ1v) is 6.29. The third-order valence-electron chi connectivity index (χ3n) is 3.10. The smallest absolute Gasteiger partial charge is 0.0739 e. The number of aliphatic hydroxyl groups excluding tert-OH is 1. The van der Waals surface area contributed by atoms with Gasteiger partial charge in [0.25, 0.3) is 0 Å². The van der Waals surface area contributed by atoms with E-state index in [2.05, 4.69) is 30.8 Å². The average molecular weight is 230 g/mol. The van der Waals surface area contributed by atoms with Crippen molar-refractivity contribution < 1.29 is 9.84 Å². The molecule has 16 heavy (non-hydrogen) atoms. The molecule has 2 unspecified atom stereocenters. The van der Waals surface area contributed by atoms with Crippen molar-refractivity contribution in [2.24, 2.45) is 0 Å². The minimum absolute atomic E-state index is 0.189. The molecule has 0 saturated carbocycles. The Morgan fingerprint density at radius 1 is 1.25 bits per heavy atom. The van der Waals surface area contributed by atoms with E-state index >= 15 is 0 Å². The second-order valence-corrected chi connectivity index (χ2v) is 4.84. The van der Waals surface area contributed by atoms with Crippen molar-refractivity contribution in [3.8, 4) is 0 Å². The monoisotopic (exact) mass is 230 g/mol. The number of ether oxygens (including phenoxy) is 1. The van der Waals surface area contributed by atoms with Crippen LogP contribution in [0, 0.1) is 0 Å². The number of hydrogen-bond acceptors (Lipinski definition) is 4. The summed E-state index contributed by atoms with van der Waals surface area (Å²) in [7, 11) is 4.16. The van der Waals surface area contributed by atoms with Crippen LogP contribution in [0.15, 0.2) is 0 Å². The maximum Gasteiger partial charge on any atom is 0.0739 e. The Bertz CT molecular complexity index is 188. The molecule has 0 bridgehead atoms. The Hall–Kier alpha value is -0.160. The molecule has 1 aliphatic heterocycles. The van der Waals surface area contributed by atoms with Crippen LogP contribution in [-0.2, 0) is 4.74 Å². The van der Waals surface area contributed by atoms with Crippen molar-refractivity contribution in [2.45, 2.75) is 31.9 Å². The Kier molecular flexibility index (Phi) is 6.28. The molecule has 0 aromatic rings. The fourth-order valence-corrected chi connectivity index (χ4v) is 2.12. The molecule has 0 aliphatic carbocycles. The van der Waals surface area contributed by atoms with Gasteiger partial charge in [-0.05, 0) is 33.5 Å². The van der Waals surface area contributed by atoms with Gasteiger partial charge in [-0.2, -0.15) is 0 Å². The molecule has 0 aromatic carbocycles. The van der Waals surface area contributed by atoms with E-state index in [1.54, 1.807) is 0 Å². The second kappa shape index (κ2) is 7.22. The molecule has 1 aliphatic rings. The van der Waals surface area contributed by atoms with Crippen LogP contribution in [0.3, 0.4) is 0 Å². The summed E-state index contributed by atoms with van der Waals surface area (Å²) < 4.78 is 5.47. The molecule has 1 saturated heterocycles. The van der Waals surface area contributed by atoms with Gasteiger partial charge < -0.3 is 14.7 Å². The van der Waals surface area contributed by atoms with Crippen molar-refractivity contribution in [1.29, 1.82) is 0 Å². The highest BCUT2D eigenvalue weighted by Crippen LogP contribution is 2.14. The molecule has 0 aromatic heterocycles. The Labute approximate surface area is 99.2 Å². The molecule has 0 spiro atoms. The Balaban J connectivity index is 2.46. The van der Waals surface area contributed by atoms with Gasteiger partial charge in [0, 0.05) is 19.7 Å². The van der Waals surface area contributed by atoms with E-state index in [-0.39, 0.29) is 12.1 Å². The van der Waals surface area contributed by atoms with Gasteiger partial charge in [0.15, 0.2) is 0 Å². The van der Waals surface area contributed by atoms with Gasteiger partial charge in [-0.1, -0.05) is 6.92 Å². The summed E-state index contributed by atoms with van der Waals surface area (Å²) in [5.74, 6) is 0. The quantitative estimate of drug-likeness (QED) is 0.717. The molecule has 1 rings (SSSR count). The highest BCUT2D eigenvalue weighted by Gasteiger charge is 2.28. The van der Waals surface area contributed by atoms with E-state index < -0.39 is 0 Å². The van der Waals surface area contributed by atoms with Gasteiger partial charge in [0.05, 0.1) is 18.8 Å². The van der Waals surface area contributed by atoms with Gasteiger partial charge in [-0.25, -0.2) is 0 Å². The summed E-state index contributed by atoms with van der Waals surface area (Å²) in [6, 6.07) is 0.189. The normalized spacial score (nSPS) is 26.6. The second-order valence-electron chi connectivity index (χ2n) is 4.84. The van der Waals surface area contributed by atoms with Gasteiger partial charge in [0.2, 0.25) is 0 Å². The highest BCUT2D eigenvalue weighted by atomic mass is 16.5. The van der Waals surface area contributed by atoms with Gasteiger partial charge in [0.1, 0.15) is 0 Å². The third-order valence-corrected chi connectivity index (χ3v) is 3.10. The van der Waals surface area contributed by atoms with Crippen molar-refractivity contribution in [3.05, 3.63) is 0 Å². The minimum atomic E-state index is -0.220. The lowest BCUT2D eigenvalue weighted by Gasteiger charge is -2.37. The lowest BCUT2D eigenvalue weighted by atomic mass is 10.0. The first-order chi connectivity index (χ1) is 7.65. The van der Waals surface area contributed by atoms with Crippen molar-refractivity contribution >= 4 is 0 Å². The van der Waals surface area contributed by atoms with Gasteiger partial charge in [-0.3, -0.25) is 4.90 Å². The lowest BCUT2D eigenvalue weighted by Crippen LogP contribution is -2.51. The van der Waals surface area contributed by atoms with E-state index in [4.69, 9.17) is 4.74 Å². The first-order valence-electron chi connectivity index (χ1n) is 6.29. The van der Waals surface area contributed by atoms with Crippen LogP contribution >= 0.6 is 0 Å². The zero-order valence-electron chi connectivity index (χ0n) is 10.9. The SMILES string of the molecule is CCCN(CCN(C)C)C1COCCC1O. The fraction of sp³-hybridized carbons (Fsp3) is 1.00. The molecule has 4 nitrogen and oxygen atoms in total. The van der Waals surface area contributed by atoms with Crippen molar-refractivity contribution in [3.63, 3.8) is 0 Å². The largest absolute Gasteiger partial charge is 0.391 e. The minimum Gasteiger partial charge on any atom is -0.391 e. The lowest BCUT2D eigenvalue weighted by molar-refractivity contribution is -0.0622. The molecule has 0 amide bonds. The predicted octanol–water partition coefficient (Wildman–Crippen LogP) is 0.410. The molecular formula is C12H26N2O2. The number of hydrogen-bond donors (Lipinski definition) is 1. The first kappa shape index (κ1) is 13.9. The zero-order chi connectivity index (χ0) is 12.0. The predicted molar refractivity (Wildman–Crippen MR) is 65.6 cm³/mol. The maximum atomic E-state index is 10.00. The summed E-state index contributed by atoms with van der Waals surface area (Å²) in [6.45, 7) is 6.63. The van der Waals surface area contributed by atoms with E-state index in [1.165, 1.54) is 0 Å². The zero-order valence-corrected chi connectivity index (χ0v) is 10.9. The third kappa shape index (κ3) is 4.37. The molecule has 4 heteroatoms. The van der Waals surface area contributed by atoms with Crippen molar-refractivity contribution in [1.82, 2.24) is 9.80 Å². The molecule has 1 N–H and O–H groups in total. The molecular weight excluding hydrogens is 204 g/mol. The topological polar surface area (TPSA) is 35.9 Å². The number of likely N-dealkylation sites (N-methyl/N-ethyl adjacent to an activating group) is 1. The van der Waals surface area contributed by atoms with Crippen LogP contribution in [0.2, 0.25) is 0 Å². The molecule has 0 radical (unpaired) electrons. The molecule has 1 heterocycles.